The number of hydrogen-bond donors (Lipinski definition) is 1. The van der Waals surface area contributed by atoms with Crippen molar-refractivity contribution in [2.24, 2.45) is 0 Å². The van der Waals surface area contributed by atoms with Crippen LogP contribution in [0.4, 0.5) is 5.69 Å². The predicted molar refractivity (Wildman–Crippen MR) is 106 cm³/mol. The van der Waals surface area contributed by atoms with Gasteiger partial charge in [-0.3, -0.25) is 4.79 Å². The zero-order chi connectivity index (χ0) is 20.1. The van der Waals surface area contributed by atoms with Crippen LogP contribution in [-0.4, -0.2) is 38.2 Å². The number of thiophene rings is 1. The molecule has 1 amide bonds. The van der Waals surface area contributed by atoms with Gasteiger partial charge in [-0.25, -0.2) is 4.79 Å². The third kappa shape index (κ3) is 5.01. The zero-order valence-electron chi connectivity index (χ0n) is 15.8. The Labute approximate surface area is 166 Å². The summed E-state index contributed by atoms with van der Waals surface area (Å²) in [6, 6.07) is 9.43. The summed E-state index contributed by atoms with van der Waals surface area (Å²) in [5.41, 5.74) is 2.66. The molecule has 0 bridgehead atoms. The molecule has 2 heterocycles. The SMILES string of the molecule is CC(C)c1ccc(NC(=O)[C@@H](C)OC(=O)Cn2nnc(-c3ccsc3)n2)cc1. The van der Waals surface area contributed by atoms with Gasteiger partial charge in [-0.15, -0.1) is 10.2 Å². The number of nitrogens with one attached hydrogen (secondary N) is 1. The van der Waals surface area contributed by atoms with E-state index in [1.165, 1.54) is 23.8 Å². The number of carbonyl (C=O) groups excluding carboxylic acids is 2. The highest BCUT2D eigenvalue weighted by molar-refractivity contribution is 7.08. The zero-order valence-corrected chi connectivity index (χ0v) is 16.6. The van der Waals surface area contributed by atoms with Crippen LogP contribution in [0.15, 0.2) is 41.1 Å². The lowest BCUT2D eigenvalue weighted by molar-refractivity contribution is -0.154. The Morgan fingerprint density at radius 3 is 2.57 bits per heavy atom. The first-order chi connectivity index (χ1) is 13.4. The maximum absolute atomic E-state index is 12.2. The first-order valence-corrected chi connectivity index (χ1v) is 9.77. The number of anilines is 1. The Kier molecular flexibility index (Phi) is 6.15. The molecule has 0 saturated carbocycles. The number of carbonyl (C=O) groups is 2. The van der Waals surface area contributed by atoms with Gasteiger partial charge in [0.15, 0.2) is 12.6 Å². The molecule has 0 unspecified atom stereocenters. The molecule has 1 aromatic carbocycles. The number of rotatable bonds is 7. The highest BCUT2D eigenvalue weighted by Crippen LogP contribution is 2.18. The van der Waals surface area contributed by atoms with E-state index < -0.39 is 18.0 Å². The molecule has 28 heavy (non-hydrogen) atoms. The molecule has 0 aliphatic carbocycles. The summed E-state index contributed by atoms with van der Waals surface area (Å²) in [7, 11) is 0. The van der Waals surface area contributed by atoms with Crippen molar-refractivity contribution in [3.8, 4) is 11.4 Å². The minimum atomic E-state index is -0.947. The molecular formula is C19H21N5O3S. The summed E-state index contributed by atoms with van der Waals surface area (Å²) in [6.45, 7) is 5.49. The van der Waals surface area contributed by atoms with Gasteiger partial charge >= 0.3 is 5.97 Å². The molecule has 3 aromatic rings. The molecule has 0 aliphatic rings. The smallest absolute Gasteiger partial charge is 0.330 e. The number of hydrogen-bond acceptors (Lipinski definition) is 7. The maximum atomic E-state index is 12.2. The van der Waals surface area contributed by atoms with Crippen molar-refractivity contribution in [1.82, 2.24) is 20.2 Å². The highest BCUT2D eigenvalue weighted by atomic mass is 32.1. The van der Waals surface area contributed by atoms with E-state index in [1.807, 2.05) is 41.1 Å². The third-order valence-corrected chi connectivity index (χ3v) is 4.71. The minimum absolute atomic E-state index is 0.224. The monoisotopic (exact) mass is 399 g/mol. The fourth-order valence-corrected chi connectivity index (χ4v) is 3.05. The number of benzene rings is 1. The van der Waals surface area contributed by atoms with Gasteiger partial charge in [-0.2, -0.15) is 16.1 Å². The van der Waals surface area contributed by atoms with Crippen molar-refractivity contribution in [1.29, 1.82) is 0 Å². The van der Waals surface area contributed by atoms with Crippen molar-refractivity contribution in [3.05, 3.63) is 46.7 Å². The van der Waals surface area contributed by atoms with Crippen LogP contribution in [0.25, 0.3) is 11.4 Å². The molecule has 146 valence electrons. The molecule has 0 saturated heterocycles. The van der Waals surface area contributed by atoms with Crippen LogP contribution >= 0.6 is 11.3 Å². The molecule has 0 radical (unpaired) electrons. The molecule has 3 rings (SSSR count). The van der Waals surface area contributed by atoms with Crippen LogP contribution in [0.2, 0.25) is 0 Å². The summed E-state index contributed by atoms with van der Waals surface area (Å²) in [4.78, 5) is 25.5. The van der Waals surface area contributed by atoms with E-state index in [0.717, 1.165) is 10.4 Å². The highest BCUT2D eigenvalue weighted by Gasteiger charge is 2.19. The van der Waals surface area contributed by atoms with Gasteiger partial charge in [0.25, 0.3) is 5.91 Å². The largest absolute Gasteiger partial charge is 0.451 e. The van der Waals surface area contributed by atoms with Crippen LogP contribution in [0, 0.1) is 0 Å². The second-order valence-corrected chi connectivity index (χ2v) is 7.33. The molecular weight excluding hydrogens is 378 g/mol. The number of amides is 1. The van der Waals surface area contributed by atoms with Gasteiger partial charge in [0.05, 0.1) is 0 Å². The van der Waals surface area contributed by atoms with Crippen molar-refractivity contribution >= 4 is 28.9 Å². The Morgan fingerprint density at radius 2 is 1.93 bits per heavy atom. The van der Waals surface area contributed by atoms with Gasteiger partial charge in [0.1, 0.15) is 0 Å². The van der Waals surface area contributed by atoms with Gasteiger partial charge in [-0.1, -0.05) is 26.0 Å². The number of nitrogens with zero attached hydrogens (tertiary/aromatic N) is 4. The average Bonchev–Trinajstić information content (AvgIpc) is 3.33. The molecule has 0 aliphatic heterocycles. The Balaban J connectivity index is 1.51. The second kappa shape index (κ2) is 8.75. The standard InChI is InChI=1S/C19H21N5O3S/c1-12(2)14-4-6-16(7-5-14)20-19(26)13(3)27-17(25)10-24-22-18(21-23-24)15-8-9-28-11-15/h4-9,11-13H,10H2,1-3H3,(H,20,26)/t13-/m1/s1. The second-order valence-electron chi connectivity index (χ2n) is 6.55. The lowest BCUT2D eigenvalue weighted by atomic mass is 10.0. The molecule has 1 N–H and O–H groups in total. The normalized spacial score (nSPS) is 12.0. The minimum Gasteiger partial charge on any atom is -0.451 e. The Hall–Kier alpha value is -3.07. The van der Waals surface area contributed by atoms with Crippen molar-refractivity contribution in [2.75, 3.05) is 5.32 Å². The number of ether oxygens (including phenoxy) is 1. The van der Waals surface area contributed by atoms with Crippen LogP contribution < -0.4 is 5.32 Å². The van der Waals surface area contributed by atoms with E-state index in [0.29, 0.717) is 17.4 Å². The molecule has 0 fully saturated rings. The van der Waals surface area contributed by atoms with Crippen molar-refractivity contribution in [2.45, 2.75) is 39.3 Å². The van der Waals surface area contributed by atoms with Crippen molar-refractivity contribution < 1.29 is 14.3 Å². The first kappa shape index (κ1) is 19.7. The molecule has 8 nitrogen and oxygen atoms in total. The summed E-state index contributed by atoms with van der Waals surface area (Å²) in [6.07, 6.45) is -0.947. The predicted octanol–water partition coefficient (Wildman–Crippen LogP) is 3.10. The summed E-state index contributed by atoms with van der Waals surface area (Å²) < 4.78 is 5.17. The van der Waals surface area contributed by atoms with Gasteiger partial charge in [0.2, 0.25) is 5.82 Å². The summed E-state index contributed by atoms with van der Waals surface area (Å²) >= 11 is 1.52. The topological polar surface area (TPSA) is 99.0 Å². The Morgan fingerprint density at radius 1 is 1.18 bits per heavy atom. The fourth-order valence-electron chi connectivity index (χ4n) is 2.42. The fraction of sp³-hybridized carbons (Fsp3) is 0.316. The van der Waals surface area contributed by atoms with Crippen molar-refractivity contribution in [3.63, 3.8) is 0 Å². The van der Waals surface area contributed by atoms with Crippen LogP contribution in [0.3, 0.4) is 0 Å². The van der Waals surface area contributed by atoms with Gasteiger partial charge in [-0.05, 0) is 47.2 Å². The summed E-state index contributed by atoms with van der Waals surface area (Å²) in [5, 5.41) is 18.4. The third-order valence-electron chi connectivity index (χ3n) is 4.03. The molecule has 9 heteroatoms. The first-order valence-electron chi connectivity index (χ1n) is 8.83. The molecule has 1 atom stereocenters. The van der Waals surface area contributed by atoms with Gasteiger partial charge < -0.3 is 10.1 Å². The van der Waals surface area contributed by atoms with Crippen LogP contribution in [-0.2, 0) is 20.9 Å². The van der Waals surface area contributed by atoms with E-state index >= 15 is 0 Å². The number of tetrazole rings is 1. The maximum Gasteiger partial charge on any atom is 0.330 e. The quantitative estimate of drug-likeness (QED) is 0.613. The van der Waals surface area contributed by atoms with E-state index in [4.69, 9.17) is 4.74 Å². The lowest BCUT2D eigenvalue weighted by Crippen LogP contribution is -2.31. The Bertz CT molecular complexity index is 935. The van der Waals surface area contributed by atoms with Gasteiger partial charge in [0, 0.05) is 16.6 Å². The van der Waals surface area contributed by atoms with Crippen LogP contribution in [0.1, 0.15) is 32.3 Å². The van der Waals surface area contributed by atoms with Crippen LogP contribution in [0.5, 0.6) is 0 Å². The molecule has 0 spiro atoms. The lowest BCUT2D eigenvalue weighted by Gasteiger charge is -2.14. The number of aromatic nitrogens is 4. The molecule has 2 aromatic heterocycles. The van der Waals surface area contributed by atoms with E-state index in [2.05, 4.69) is 34.6 Å². The van der Waals surface area contributed by atoms with E-state index in [1.54, 1.807) is 0 Å². The van der Waals surface area contributed by atoms with E-state index in [9.17, 15) is 9.59 Å². The average molecular weight is 399 g/mol. The van der Waals surface area contributed by atoms with E-state index in [-0.39, 0.29) is 6.54 Å². The summed E-state index contributed by atoms with van der Waals surface area (Å²) in [5.74, 6) is -0.178. The number of esters is 1.